The molecular weight excluding hydrogens is 1270 g/mol. The lowest BCUT2D eigenvalue weighted by Crippen LogP contribution is -2.61. The third kappa shape index (κ3) is 27.5. The van der Waals surface area contributed by atoms with Gasteiger partial charge in [-0.1, -0.05) is 32.0 Å². The molecule has 3 aromatic rings. The number of H-pyrrole nitrogens is 2. The van der Waals surface area contributed by atoms with Crippen LogP contribution in [0.5, 0.6) is 0 Å². The second-order valence-corrected chi connectivity index (χ2v) is 22.9. The Morgan fingerprint density at radius 3 is 1.57 bits per heavy atom. The van der Waals surface area contributed by atoms with Crippen molar-refractivity contribution in [3.8, 4) is 0 Å². The fraction of sp³-hybridized carbons (Fsp3) is 0.561. The van der Waals surface area contributed by atoms with E-state index in [1.54, 1.807) is 44.3 Å². The molecule has 95 heavy (non-hydrogen) atoms. The van der Waals surface area contributed by atoms with Crippen LogP contribution in [0.3, 0.4) is 0 Å². The lowest BCUT2D eigenvalue weighted by Gasteiger charge is -2.28. The van der Waals surface area contributed by atoms with Crippen molar-refractivity contribution in [3.05, 3.63) is 54.2 Å². The normalized spacial score (nSPS) is 15.0. The molecule has 526 valence electrons. The number of carbonyl (C=O) groups is 13. The quantitative estimate of drug-likeness (QED) is 0.0108. The number of carboxylic acids is 2. The number of hydrogen-bond acceptors (Lipinski definition) is 21. The Kier molecular flexibility index (Phi) is 34.1. The highest BCUT2D eigenvalue weighted by molar-refractivity contribution is 7.80. The number of rotatable bonds is 44. The van der Waals surface area contributed by atoms with E-state index in [9.17, 15) is 87.9 Å². The van der Waals surface area contributed by atoms with Crippen LogP contribution in [-0.2, 0) is 75.2 Å². The minimum Gasteiger partial charge on any atom is -0.481 e. The molecule has 0 aliphatic heterocycles. The van der Waals surface area contributed by atoms with Gasteiger partial charge < -0.3 is 117 Å². The molecule has 1 aromatic carbocycles. The summed E-state index contributed by atoms with van der Waals surface area (Å²) in [5.74, 6) is -15.8. The third-order valence-electron chi connectivity index (χ3n) is 14.4. The average Bonchev–Trinajstić information content (AvgIpc) is 1.75. The Morgan fingerprint density at radius 2 is 1.06 bits per heavy atom. The highest BCUT2D eigenvalue weighted by atomic mass is 32.1. The zero-order valence-electron chi connectivity index (χ0n) is 52.6. The monoisotopic (exact) mass is 1360 g/mol. The number of benzene rings is 1. The number of nitrogens with one attached hydrogen (secondary N) is 12. The van der Waals surface area contributed by atoms with E-state index < -0.39 is 188 Å². The van der Waals surface area contributed by atoms with Gasteiger partial charge in [-0.3, -0.25) is 62.5 Å². The van der Waals surface area contributed by atoms with Crippen LogP contribution in [0, 0.1) is 5.92 Å². The van der Waals surface area contributed by atoms with Crippen molar-refractivity contribution in [2.75, 3.05) is 32.1 Å². The predicted octanol–water partition coefficient (Wildman–Crippen LogP) is -7.80. The summed E-state index contributed by atoms with van der Waals surface area (Å²) < 4.78 is 0. The molecule has 3 rings (SSSR count). The number of thiol groups is 1. The van der Waals surface area contributed by atoms with Gasteiger partial charge in [-0.15, -0.1) is 0 Å². The molecule has 12 atom stereocenters. The predicted molar refractivity (Wildman–Crippen MR) is 342 cm³/mol. The molecule has 0 fully saturated rings. The molecule has 11 amide bonds. The number of aliphatic hydroxyl groups excluding tert-OH is 3. The minimum atomic E-state index is -2.03. The Balaban J connectivity index is 2.01. The number of aliphatic hydroxyl groups is 3. The molecule has 0 aliphatic carbocycles. The number of aliphatic carboxylic acids is 2. The maximum absolute atomic E-state index is 14.9. The zero-order chi connectivity index (χ0) is 71.1. The van der Waals surface area contributed by atoms with Crippen molar-refractivity contribution >= 4 is 106 Å². The van der Waals surface area contributed by atoms with Crippen molar-refractivity contribution in [2.24, 2.45) is 39.6 Å². The number of guanidine groups is 1. The Hall–Kier alpha value is -9.50. The van der Waals surface area contributed by atoms with Gasteiger partial charge in [0.1, 0.15) is 54.4 Å². The number of nitrogens with zero attached hydrogens (tertiary/aromatic N) is 2. The van der Waals surface area contributed by atoms with Crippen molar-refractivity contribution in [3.63, 3.8) is 0 Å². The molecule has 0 saturated carbocycles. The van der Waals surface area contributed by atoms with E-state index in [4.69, 9.17) is 28.7 Å². The number of aliphatic imine (C=N–C) groups is 1. The number of unbranched alkanes of at least 4 members (excludes halogenated alkanes) is 1. The summed E-state index contributed by atoms with van der Waals surface area (Å²) >= 11 is 3.96. The van der Waals surface area contributed by atoms with Gasteiger partial charge in [0.15, 0.2) is 12.0 Å². The zero-order valence-corrected chi connectivity index (χ0v) is 53.5. The highest BCUT2D eigenvalue weighted by Crippen LogP contribution is 2.20. The SMILES string of the molecule is CC(C)C[C@H](NC(=O)[C@H](Cc1c[nH]c2ccccc12)NC(=O)[C@H](Cc1cnc[nH]1)NC(=O)[C@H](CCCCN)NC(=O)[C@H](CCC(N)=O)NC(=O)[C@H](CO)NC(=O)[C@@H](N)CS)C(=O)N[C@@H](CO)C(=O)N[C@@H](CC(=O)O)C(=O)N[C@@H](CCCN=C(N)N)C(=O)N[C@H](C(=O)O)[C@@H](C)O. The molecule has 0 radical (unpaired) electrons. The number of aromatic nitrogens is 3. The summed E-state index contributed by atoms with van der Waals surface area (Å²) in [5.41, 5.74) is 29.0. The third-order valence-corrected chi connectivity index (χ3v) is 14.8. The van der Waals surface area contributed by atoms with Gasteiger partial charge in [-0.05, 0) is 76.0 Å². The van der Waals surface area contributed by atoms with Crippen molar-refractivity contribution in [2.45, 2.75) is 164 Å². The lowest BCUT2D eigenvalue weighted by atomic mass is 10.00. The Morgan fingerprint density at radius 1 is 0.589 bits per heavy atom. The number of fused-ring (bicyclic) bond motifs is 1. The molecule has 0 saturated heterocycles. The standard InChI is InChI=1S/C57H89N19O18S/c1-27(2)17-37(50(87)75-42(24-78)55(92)73-40(20-44(81)82)53(90)68-35(12-8-16-64-57(61)62)49(86)76-45(28(3)79)56(93)94)70-51(88)38(18-29-21-65-33-10-5-4-9-31(29)33)71-52(89)39(19-30-22-63-26-66-30)72-47(84)34(11-6-7-15-58)67-48(85)36(13-14-43(60)80)69-54(91)41(23-77)74-46(83)32(59)25-95/h4-5,9-10,21-22,26-28,32,34-42,45,65,77-79,95H,6-8,11-20,23-25,58-59H2,1-3H3,(H2,60,80)(H,63,66)(H,67,85)(H,68,90)(H,69,91)(H,70,88)(H,71,89)(H,72,84)(H,73,92)(H,74,83)(H,75,87)(H,76,86)(H,81,82)(H,93,94)(H4,61,62,64)/t28-,32+,34+,35+,36+,37+,38+,39+,40+,41+,42+,45+/m1/s1. The van der Waals surface area contributed by atoms with Crippen LogP contribution in [0.4, 0.5) is 0 Å². The van der Waals surface area contributed by atoms with Gasteiger partial charge in [0.25, 0.3) is 0 Å². The summed E-state index contributed by atoms with van der Waals surface area (Å²) in [5, 5.41) is 74.3. The van der Waals surface area contributed by atoms with E-state index in [-0.39, 0.29) is 69.7 Å². The van der Waals surface area contributed by atoms with Gasteiger partial charge in [0.2, 0.25) is 65.0 Å². The van der Waals surface area contributed by atoms with Gasteiger partial charge in [0, 0.05) is 60.6 Å². The minimum absolute atomic E-state index is 0.0177. The molecule has 2 aromatic heterocycles. The number of imidazole rings is 1. The second kappa shape index (κ2) is 40.6. The van der Waals surface area contributed by atoms with Crippen molar-refractivity contribution in [1.29, 1.82) is 0 Å². The molecule has 0 bridgehead atoms. The number of aromatic amines is 2. The number of primary amides is 1. The molecule has 0 unspecified atom stereocenters. The van der Waals surface area contributed by atoms with E-state index in [0.29, 0.717) is 28.6 Å². The van der Waals surface area contributed by atoms with Gasteiger partial charge in [-0.2, -0.15) is 12.6 Å². The number of nitrogens with two attached hydrogens (primary N) is 5. The van der Waals surface area contributed by atoms with E-state index >= 15 is 0 Å². The first kappa shape index (κ1) is 79.7. The maximum Gasteiger partial charge on any atom is 0.328 e. The summed E-state index contributed by atoms with van der Waals surface area (Å²) in [6.07, 6.45) is -0.0739. The molecular formula is C57H89N19O18S. The highest BCUT2D eigenvalue weighted by Gasteiger charge is 2.38. The summed E-state index contributed by atoms with van der Waals surface area (Å²) in [6, 6.07) is -11.2. The largest absolute Gasteiger partial charge is 0.481 e. The van der Waals surface area contributed by atoms with E-state index in [0.717, 1.165) is 6.92 Å². The topological polar surface area (TPSA) is 630 Å². The van der Waals surface area contributed by atoms with Gasteiger partial charge in [-0.25, -0.2) is 9.78 Å². The first-order valence-electron chi connectivity index (χ1n) is 30.2. The molecule has 2 heterocycles. The number of para-hydroxylation sites is 1. The van der Waals surface area contributed by atoms with Crippen LogP contribution in [0.1, 0.15) is 89.8 Å². The van der Waals surface area contributed by atoms with Crippen LogP contribution >= 0.6 is 12.6 Å². The maximum atomic E-state index is 14.9. The van der Waals surface area contributed by atoms with Crippen LogP contribution in [0.2, 0.25) is 0 Å². The molecule has 27 N–H and O–H groups in total. The average molecular weight is 1360 g/mol. The van der Waals surface area contributed by atoms with Crippen LogP contribution in [0.15, 0.2) is 48.0 Å². The molecule has 38 heteroatoms. The van der Waals surface area contributed by atoms with Gasteiger partial charge in [0.05, 0.1) is 38.1 Å². The van der Waals surface area contributed by atoms with Crippen LogP contribution in [-0.4, -0.2) is 228 Å². The molecule has 0 spiro atoms. The number of amides is 11. The van der Waals surface area contributed by atoms with Crippen LogP contribution in [0.25, 0.3) is 10.9 Å². The lowest BCUT2D eigenvalue weighted by molar-refractivity contribution is -0.145. The fourth-order valence-electron chi connectivity index (χ4n) is 9.30. The number of hydrogen-bond donors (Lipinski definition) is 23. The Bertz CT molecular complexity index is 3130. The Labute approximate surface area is 550 Å². The van der Waals surface area contributed by atoms with Gasteiger partial charge >= 0.3 is 11.9 Å². The number of carboxylic acid groups (broad SMARTS) is 2. The smallest absolute Gasteiger partial charge is 0.328 e. The fourth-order valence-corrected chi connectivity index (χ4v) is 9.47. The summed E-state index contributed by atoms with van der Waals surface area (Å²) in [7, 11) is 0. The second-order valence-electron chi connectivity index (χ2n) is 22.6. The van der Waals surface area contributed by atoms with E-state index in [1.165, 1.54) is 12.5 Å². The summed E-state index contributed by atoms with van der Waals surface area (Å²) in [4.78, 5) is 189. The first-order valence-corrected chi connectivity index (χ1v) is 30.9. The van der Waals surface area contributed by atoms with Crippen LogP contribution < -0.4 is 81.8 Å². The molecule has 37 nitrogen and oxygen atoms in total. The molecule has 0 aliphatic rings. The van der Waals surface area contributed by atoms with E-state index in [2.05, 4.69) is 85.7 Å². The van der Waals surface area contributed by atoms with Crippen molar-refractivity contribution in [1.82, 2.24) is 68.1 Å². The van der Waals surface area contributed by atoms with Crippen molar-refractivity contribution < 1.29 is 87.9 Å². The van der Waals surface area contributed by atoms with E-state index in [1.807, 2.05) is 0 Å². The first-order chi connectivity index (χ1) is 44.9. The number of carbonyl (C=O) groups excluding carboxylic acids is 11. The summed E-state index contributed by atoms with van der Waals surface area (Å²) in [6.45, 7) is 2.35.